The highest BCUT2D eigenvalue weighted by molar-refractivity contribution is 7.11. The molecule has 106 valence electrons. The van der Waals surface area contributed by atoms with Crippen molar-refractivity contribution in [3.05, 3.63) is 5.56 Å². The van der Waals surface area contributed by atoms with Gasteiger partial charge in [0.25, 0.3) is 5.91 Å². The maximum absolute atomic E-state index is 12.6. The van der Waals surface area contributed by atoms with Gasteiger partial charge in [-0.3, -0.25) is 4.79 Å². The van der Waals surface area contributed by atoms with E-state index in [9.17, 15) is 18.0 Å². The van der Waals surface area contributed by atoms with Gasteiger partial charge in [0.05, 0.1) is 5.92 Å². The third-order valence-corrected chi connectivity index (χ3v) is 4.12. The maximum Gasteiger partial charge on any atom is 0.391 e. The van der Waals surface area contributed by atoms with Crippen LogP contribution in [0.2, 0.25) is 0 Å². The summed E-state index contributed by atoms with van der Waals surface area (Å²) in [5.41, 5.74) is 10.8. The first-order valence-electron chi connectivity index (χ1n) is 5.67. The number of amides is 1. The van der Waals surface area contributed by atoms with E-state index in [4.69, 9.17) is 11.5 Å². The van der Waals surface area contributed by atoms with E-state index in [1.807, 2.05) is 0 Å². The van der Waals surface area contributed by atoms with Gasteiger partial charge in [0.2, 0.25) is 0 Å². The van der Waals surface area contributed by atoms with E-state index in [-0.39, 0.29) is 37.3 Å². The van der Waals surface area contributed by atoms with Gasteiger partial charge < -0.3 is 16.4 Å². The quantitative estimate of drug-likeness (QED) is 0.867. The SMILES string of the molecule is NC(=O)c1c(N)nsc1N1CCC(C(F)(F)F)CC1. The number of carbonyl (C=O) groups excluding carboxylic acids is 1. The van der Waals surface area contributed by atoms with Crippen molar-refractivity contribution in [2.45, 2.75) is 19.0 Å². The number of nitrogens with two attached hydrogens (primary N) is 2. The molecule has 0 aromatic carbocycles. The molecule has 0 unspecified atom stereocenters. The molecule has 2 heterocycles. The first-order chi connectivity index (χ1) is 8.80. The standard InChI is InChI=1S/C10H13F3N4OS/c11-10(12,13)5-1-3-17(4-2-5)9-6(8(15)18)7(14)16-19-9/h5H,1-4H2,(H2,14,16)(H2,15,18). The van der Waals surface area contributed by atoms with Crippen molar-refractivity contribution in [3.8, 4) is 0 Å². The molecule has 1 amide bonds. The molecule has 0 bridgehead atoms. The Balaban J connectivity index is 2.12. The lowest BCUT2D eigenvalue weighted by Crippen LogP contribution is -2.39. The molecular formula is C10H13F3N4OS. The Morgan fingerprint density at radius 3 is 2.42 bits per heavy atom. The number of alkyl halides is 3. The molecule has 1 aromatic heterocycles. The van der Waals surface area contributed by atoms with E-state index in [1.54, 1.807) is 4.90 Å². The molecule has 1 aromatic rings. The Morgan fingerprint density at radius 2 is 1.95 bits per heavy atom. The van der Waals surface area contributed by atoms with Gasteiger partial charge in [-0.1, -0.05) is 0 Å². The van der Waals surface area contributed by atoms with Crippen molar-refractivity contribution in [2.24, 2.45) is 11.7 Å². The summed E-state index contributed by atoms with van der Waals surface area (Å²) >= 11 is 0.989. The molecular weight excluding hydrogens is 281 g/mol. The molecule has 0 spiro atoms. The minimum atomic E-state index is -4.16. The summed E-state index contributed by atoms with van der Waals surface area (Å²) < 4.78 is 41.5. The minimum Gasteiger partial charge on any atom is -0.382 e. The number of nitrogen functional groups attached to an aromatic ring is 1. The average molecular weight is 294 g/mol. The van der Waals surface area contributed by atoms with Gasteiger partial charge >= 0.3 is 6.18 Å². The fourth-order valence-electron chi connectivity index (χ4n) is 2.15. The summed E-state index contributed by atoms with van der Waals surface area (Å²) in [5, 5.41) is 0.464. The number of rotatable bonds is 2. The smallest absolute Gasteiger partial charge is 0.382 e. The number of nitrogens with zero attached hydrogens (tertiary/aromatic N) is 2. The number of hydrogen-bond donors (Lipinski definition) is 2. The summed E-state index contributed by atoms with van der Waals surface area (Å²) in [4.78, 5) is 13.0. The topological polar surface area (TPSA) is 85.2 Å². The third kappa shape index (κ3) is 2.75. The number of aromatic nitrogens is 1. The number of anilines is 2. The van der Waals surface area contributed by atoms with E-state index < -0.39 is 18.0 Å². The second-order valence-electron chi connectivity index (χ2n) is 4.42. The molecule has 1 aliphatic heterocycles. The largest absolute Gasteiger partial charge is 0.391 e. The highest BCUT2D eigenvalue weighted by Crippen LogP contribution is 2.38. The van der Waals surface area contributed by atoms with Crippen molar-refractivity contribution in [1.29, 1.82) is 0 Å². The van der Waals surface area contributed by atoms with Gasteiger partial charge in [0.15, 0.2) is 5.82 Å². The summed E-state index contributed by atoms with van der Waals surface area (Å²) in [5.74, 6) is -1.96. The lowest BCUT2D eigenvalue weighted by molar-refractivity contribution is -0.179. The van der Waals surface area contributed by atoms with Crippen molar-refractivity contribution >= 4 is 28.3 Å². The number of piperidine rings is 1. The second kappa shape index (κ2) is 4.87. The molecule has 1 saturated heterocycles. The van der Waals surface area contributed by atoms with Gasteiger partial charge in [-0.2, -0.15) is 17.5 Å². The first kappa shape index (κ1) is 13.9. The fourth-order valence-corrected chi connectivity index (χ4v) is 3.02. The molecule has 5 nitrogen and oxygen atoms in total. The molecule has 0 aliphatic carbocycles. The highest BCUT2D eigenvalue weighted by Gasteiger charge is 2.41. The monoisotopic (exact) mass is 294 g/mol. The second-order valence-corrected chi connectivity index (χ2v) is 5.17. The zero-order valence-electron chi connectivity index (χ0n) is 9.91. The first-order valence-corrected chi connectivity index (χ1v) is 6.44. The van der Waals surface area contributed by atoms with Crippen molar-refractivity contribution in [3.63, 3.8) is 0 Å². The Morgan fingerprint density at radius 1 is 1.37 bits per heavy atom. The van der Waals surface area contributed by atoms with E-state index >= 15 is 0 Å². The summed E-state index contributed by atoms with van der Waals surface area (Å²) in [6.45, 7) is 0.429. The normalized spacial score (nSPS) is 17.7. The molecule has 1 aliphatic rings. The Hall–Kier alpha value is -1.51. The van der Waals surface area contributed by atoms with Crippen LogP contribution in [0, 0.1) is 5.92 Å². The highest BCUT2D eigenvalue weighted by atomic mass is 32.1. The van der Waals surface area contributed by atoms with E-state index in [2.05, 4.69) is 4.37 Å². The van der Waals surface area contributed by atoms with Gasteiger partial charge in [-0.15, -0.1) is 0 Å². The van der Waals surface area contributed by atoms with E-state index in [0.29, 0.717) is 5.00 Å². The lowest BCUT2D eigenvalue weighted by atomic mass is 9.96. The lowest BCUT2D eigenvalue weighted by Gasteiger charge is -2.33. The Labute approximate surface area is 111 Å². The van der Waals surface area contributed by atoms with Crippen LogP contribution in [0.4, 0.5) is 24.0 Å². The Bertz CT molecular complexity index is 480. The number of primary amides is 1. The van der Waals surface area contributed by atoms with Crippen molar-refractivity contribution in [2.75, 3.05) is 23.7 Å². The van der Waals surface area contributed by atoms with E-state index in [1.165, 1.54) is 0 Å². The van der Waals surface area contributed by atoms with Crippen LogP contribution in [0.25, 0.3) is 0 Å². The van der Waals surface area contributed by atoms with Crippen LogP contribution < -0.4 is 16.4 Å². The molecule has 4 N–H and O–H groups in total. The molecule has 0 radical (unpaired) electrons. The molecule has 2 rings (SSSR count). The summed E-state index contributed by atoms with van der Waals surface area (Å²) in [6, 6.07) is 0. The van der Waals surface area contributed by atoms with Gasteiger partial charge in [-0.25, -0.2) is 0 Å². The third-order valence-electron chi connectivity index (χ3n) is 3.19. The molecule has 0 saturated carbocycles. The van der Waals surface area contributed by atoms with Crippen LogP contribution in [-0.2, 0) is 0 Å². The zero-order valence-corrected chi connectivity index (χ0v) is 10.7. The van der Waals surface area contributed by atoms with Crippen LogP contribution in [-0.4, -0.2) is 29.5 Å². The maximum atomic E-state index is 12.6. The number of hydrogen-bond acceptors (Lipinski definition) is 5. The summed E-state index contributed by atoms with van der Waals surface area (Å²) in [7, 11) is 0. The molecule has 0 atom stereocenters. The fraction of sp³-hybridized carbons (Fsp3) is 0.600. The van der Waals surface area contributed by atoms with Crippen molar-refractivity contribution in [1.82, 2.24) is 4.37 Å². The number of carbonyl (C=O) groups is 1. The van der Waals surface area contributed by atoms with Gasteiger partial charge in [0.1, 0.15) is 10.6 Å². The Kier molecular flexibility index (Phi) is 3.57. The van der Waals surface area contributed by atoms with Gasteiger partial charge in [-0.05, 0) is 24.4 Å². The molecule has 1 fully saturated rings. The predicted octanol–water partition coefficient (Wildman–Crippen LogP) is 1.60. The number of halogens is 3. The molecule has 19 heavy (non-hydrogen) atoms. The molecule has 9 heteroatoms. The van der Waals surface area contributed by atoms with Crippen molar-refractivity contribution < 1.29 is 18.0 Å². The van der Waals surface area contributed by atoms with Crippen LogP contribution in [0.1, 0.15) is 23.2 Å². The van der Waals surface area contributed by atoms with E-state index in [0.717, 1.165) is 11.5 Å². The van der Waals surface area contributed by atoms with Crippen LogP contribution >= 0.6 is 11.5 Å². The van der Waals surface area contributed by atoms with Crippen LogP contribution in [0.3, 0.4) is 0 Å². The van der Waals surface area contributed by atoms with Crippen LogP contribution in [0.15, 0.2) is 0 Å². The zero-order chi connectivity index (χ0) is 14.2. The van der Waals surface area contributed by atoms with Gasteiger partial charge in [0, 0.05) is 13.1 Å². The summed E-state index contributed by atoms with van der Waals surface area (Å²) in [6.07, 6.45) is -4.16. The minimum absolute atomic E-state index is 0.000489. The van der Waals surface area contributed by atoms with Crippen LogP contribution in [0.5, 0.6) is 0 Å². The predicted molar refractivity (Wildman–Crippen MR) is 66.0 cm³/mol. The average Bonchev–Trinajstić information content (AvgIpc) is 2.70.